The first-order valence-corrected chi connectivity index (χ1v) is 6.85. The predicted octanol–water partition coefficient (Wildman–Crippen LogP) is 3.10. The number of nitrogens with one attached hydrogen (secondary N) is 1. The van der Waals surface area contributed by atoms with E-state index < -0.39 is 11.7 Å². The number of oxime groups is 1. The van der Waals surface area contributed by atoms with Crippen molar-refractivity contribution in [3.8, 4) is 0 Å². The van der Waals surface area contributed by atoms with Gasteiger partial charge >= 0.3 is 6.09 Å². The summed E-state index contributed by atoms with van der Waals surface area (Å²) in [6, 6.07) is 7.50. The Labute approximate surface area is 125 Å². The van der Waals surface area contributed by atoms with Crippen molar-refractivity contribution in [3.63, 3.8) is 0 Å². The van der Waals surface area contributed by atoms with Crippen LogP contribution in [0.2, 0.25) is 0 Å². The van der Waals surface area contributed by atoms with Crippen molar-refractivity contribution in [3.05, 3.63) is 29.8 Å². The smallest absolute Gasteiger partial charge is 0.412 e. The van der Waals surface area contributed by atoms with Gasteiger partial charge in [-0.25, -0.2) is 4.79 Å². The molecule has 0 spiro atoms. The molecule has 0 bridgehead atoms. The predicted molar refractivity (Wildman–Crippen MR) is 82.6 cm³/mol. The van der Waals surface area contributed by atoms with Gasteiger partial charge in [-0.3, -0.25) is 5.32 Å². The first-order chi connectivity index (χ1) is 9.80. The summed E-state index contributed by atoms with van der Waals surface area (Å²) in [6.07, 6.45) is 1.70. The number of ether oxygens (including phenoxy) is 1. The molecule has 0 aliphatic rings. The van der Waals surface area contributed by atoms with Gasteiger partial charge in [0.15, 0.2) is 0 Å². The number of carbonyl (C=O) groups is 1. The fourth-order valence-corrected chi connectivity index (χ4v) is 1.70. The molecule has 0 aliphatic heterocycles. The van der Waals surface area contributed by atoms with Gasteiger partial charge in [0.2, 0.25) is 0 Å². The number of benzene rings is 1. The van der Waals surface area contributed by atoms with E-state index in [4.69, 9.17) is 15.7 Å². The zero-order chi connectivity index (χ0) is 15.9. The maximum atomic E-state index is 11.6. The zero-order valence-electron chi connectivity index (χ0n) is 12.7. The summed E-state index contributed by atoms with van der Waals surface area (Å²) in [6.45, 7) is 5.45. The second kappa shape index (κ2) is 7.52. The molecule has 6 heteroatoms. The van der Waals surface area contributed by atoms with Gasteiger partial charge in [0, 0.05) is 12.1 Å². The summed E-state index contributed by atoms with van der Waals surface area (Å²) in [5.41, 5.74) is 6.69. The minimum atomic E-state index is -0.516. The molecule has 0 aromatic heterocycles. The number of nitrogens with zero attached hydrogens (tertiary/aromatic N) is 1. The molecule has 21 heavy (non-hydrogen) atoms. The lowest BCUT2D eigenvalue weighted by atomic mass is 10.1. The largest absolute Gasteiger partial charge is 0.444 e. The van der Waals surface area contributed by atoms with E-state index in [1.54, 1.807) is 0 Å². The number of hydrogen-bond acceptors (Lipinski definition) is 4. The van der Waals surface area contributed by atoms with E-state index in [0.29, 0.717) is 12.1 Å². The summed E-state index contributed by atoms with van der Waals surface area (Å²) < 4.78 is 5.17. The monoisotopic (exact) mass is 293 g/mol. The minimum absolute atomic E-state index is 0.234. The number of nitrogens with two attached hydrogens (primary N) is 1. The highest BCUT2D eigenvalue weighted by atomic mass is 16.6. The lowest BCUT2D eigenvalue weighted by molar-refractivity contribution is 0.0636. The van der Waals surface area contributed by atoms with Crippen molar-refractivity contribution >= 4 is 17.6 Å². The lowest BCUT2D eigenvalue weighted by Crippen LogP contribution is -2.27. The Kier molecular flexibility index (Phi) is 6.02. The Hall–Kier alpha value is -2.24. The van der Waals surface area contributed by atoms with Crippen LogP contribution in [0.4, 0.5) is 10.5 Å². The van der Waals surface area contributed by atoms with Crippen molar-refractivity contribution in [1.82, 2.24) is 0 Å². The van der Waals surface area contributed by atoms with E-state index in [2.05, 4.69) is 10.5 Å². The Morgan fingerprint density at radius 1 is 1.33 bits per heavy atom. The Morgan fingerprint density at radius 2 is 1.95 bits per heavy atom. The normalized spacial score (nSPS) is 12.0. The van der Waals surface area contributed by atoms with Crippen LogP contribution in [0.25, 0.3) is 0 Å². The highest BCUT2D eigenvalue weighted by Gasteiger charge is 2.15. The van der Waals surface area contributed by atoms with Gasteiger partial charge < -0.3 is 15.7 Å². The molecule has 1 aromatic rings. The van der Waals surface area contributed by atoms with Crippen LogP contribution in [-0.2, 0) is 11.2 Å². The van der Waals surface area contributed by atoms with E-state index in [0.717, 1.165) is 18.4 Å². The van der Waals surface area contributed by atoms with E-state index in [9.17, 15) is 4.79 Å². The Bertz CT molecular complexity index is 490. The first kappa shape index (κ1) is 16.8. The first-order valence-electron chi connectivity index (χ1n) is 6.85. The molecule has 0 unspecified atom stereocenters. The van der Waals surface area contributed by atoms with Gasteiger partial charge in [-0.05, 0) is 51.3 Å². The molecule has 1 aromatic carbocycles. The number of carbonyl (C=O) groups excluding carboxylic acids is 1. The lowest BCUT2D eigenvalue weighted by Gasteiger charge is -2.19. The van der Waals surface area contributed by atoms with Crippen molar-refractivity contribution < 1.29 is 14.7 Å². The number of hydrogen-bond donors (Lipinski definition) is 3. The molecule has 0 radical (unpaired) electrons. The van der Waals surface area contributed by atoms with Crippen LogP contribution in [0.1, 0.15) is 39.2 Å². The van der Waals surface area contributed by atoms with Crippen molar-refractivity contribution in [2.24, 2.45) is 10.9 Å². The van der Waals surface area contributed by atoms with Crippen molar-refractivity contribution in [1.29, 1.82) is 0 Å². The average molecular weight is 293 g/mol. The van der Waals surface area contributed by atoms with Gasteiger partial charge in [0.1, 0.15) is 11.4 Å². The van der Waals surface area contributed by atoms with Crippen LogP contribution in [0.3, 0.4) is 0 Å². The Balaban J connectivity index is 2.45. The van der Waals surface area contributed by atoms with E-state index in [1.165, 1.54) is 0 Å². The number of aryl methyl sites for hydroxylation is 1. The second-order valence-corrected chi connectivity index (χ2v) is 5.77. The highest BCUT2D eigenvalue weighted by Crippen LogP contribution is 2.14. The molecule has 0 aliphatic carbocycles. The summed E-state index contributed by atoms with van der Waals surface area (Å²) in [5.74, 6) is 0.234. The van der Waals surface area contributed by atoms with Crippen LogP contribution >= 0.6 is 0 Å². The molecule has 0 fully saturated rings. The highest BCUT2D eigenvalue weighted by molar-refractivity contribution is 5.84. The fraction of sp³-hybridized carbons (Fsp3) is 0.467. The Morgan fingerprint density at radius 3 is 2.48 bits per heavy atom. The van der Waals surface area contributed by atoms with Crippen LogP contribution < -0.4 is 11.1 Å². The third-order valence-corrected chi connectivity index (χ3v) is 2.63. The molecule has 4 N–H and O–H groups in total. The van der Waals surface area contributed by atoms with Crippen LogP contribution in [0.5, 0.6) is 0 Å². The summed E-state index contributed by atoms with van der Waals surface area (Å²) >= 11 is 0. The summed E-state index contributed by atoms with van der Waals surface area (Å²) in [7, 11) is 0. The van der Waals surface area contributed by atoms with Crippen LogP contribution in [0, 0.1) is 0 Å². The molecule has 116 valence electrons. The zero-order valence-corrected chi connectivity index (χ0v) is 12.7. The van der Waals surface area contributed by atoms with Gasteiger partial charge in [-0.15, -0.1) is 0 Å². The maximum absolute atomic E-state index is 11.6. The maximum Gasteiger partial charge on any atom is 0.412 e. The molecule has 1 rings (SSSR count). The molecule has 0 heterocycles. The number of anilines is 1. The number of rotatable bonds is 5. The molecule has 0 atom stereocenters. The second-order valence-electron chi connectivity index (χ2n) is 5.77. The minimum Gasteiger partial charge on any atom is -0.444 e. The van der Waals surface area contributed by atoms with Crippen molar-refractivity contribution in [2.45, 2.75) is 45.6 Å². The quantitative estimate of drug-likeness (QED) is 0.336. The molecule has 0 saturated heterocycles. The van der Waals surface area contributed by atoms with Crippen LogP contribution in [-0.4, -0.2) is 22.7 Å². The van der Waals surface area contributed by atoms with Gasteiger partial charge in [0.05, 0.1) is 0 Å². The topological polar surface area (TPSA) is 96.9 Å². The van der Waals surface area contributed by atoms with Gasteiger partial charge in [0.25, 0.3) is 0 Å². The third-order valence-electron chi connectivity index (χ3n) is 2.63. The van der Waals surface area contributed by atoms with Crippen LogP contribution in [0.15, 0.2) is 29.4 Å². The SMILES string of the molecule is CC(C)(C)OC(=O)Nc1ccc(CCCC(N)=NO)cc1. The average Bonchev–Trinajstić information content (AvgIpc) is 2.38. The molecule has 6 nitrogen and oxygen atoms in total. The number of amides is 1. The molecular weight excluding hydrogens is 270 g/mol. The number of amidine groups is 1. The van der Waals surface area contributed by atoms with Gasteiger partial charge in [-0.1, -0.05) is 17.3 Å². The standard InChI is InChI=1S/C15H23N3O3/c1-15(2,3)21-14(19)17-12-9-7-11(8-10-12)5-4-6-13(16)18-20/h7-10,20H,4-6H2,1-3H3,(H2,16,18)(H,17,19). The molecular formula is C15H23N3O3. The molecule has 0 saturated carbocycles. The van der Waals surface area contributed by atoms with E-state index in [-0.39, 0.29) is 5.84 Å². The third kappa shape index (κ3) is 7.20. The summed E-state index contributed by atoms with van der Waals surface area (Å²) in [5, 5.41) is 14.0. The van der Waals surface area contributed by atoms with E-state index >= 15 is 0 Å². The summed E-state index contributed by atoms with van der Waals surface area (Å²) in [4.78, 5) is 11.6. The molecule has 1 amide bonds. The van der Waals surface area contributed by atoms with Gasteiger partial charge in [-0.2, -0.15) is 0 Å². The van der Waals surface area contributed by atoms with E-state index in [1.807, 2.05) is 45.0 Å². The fourth-order valence-electron chi connectivity index (χ4n) is 1.70. The van der Waals surface area contributed by atoms with Crippen molar-refractivity contribution in [2.75, 3.05) is 5.32 Å².